The molecule has 3 rings (SSSR count). The zero-order valence-corrected chi connectivity index (χ0v) is 12.0. The number of hydrogen-bond donors (Lipinski definition) is 1. The van der Waals surface area contributed by atoms with Gasteiger partial charge in [-0.15, -0.1) is 0 Å². The zero-order valence-electron chi connectivity index (χ0n) is 12.0. The van der Waals surface area contributed by atoms with Crippen molar-refractivity contribution in [2.45, 2.75) is 38.1 Å². The van der Waals surface area contributed by atoms with Gasteiger partial charge < -0.3 is 9.84 Å². The van der Waals surface area contributed by atoms with E-state index in [-0.39, 0.29) is 0 Å². The predicted molar refractivity (Wildman–Crippen MR) is 75.0 cm³/mol. The normalized spacial score (nSPS) is 23.1. The minimum atomic E-state index is 0.567. The van der Waals surface area contributed by atoms with Gasteiger partial charge in [0.25, 0.3) is 0 Å². The van der Waals surface area contributed by atoms with E-state index in [0.717, 1.165) is 17.9 Å². The van der Waals surface area contributed by atoms with Gasteiger partial charge >= 0.3 is 0 Å². The van der Waals surface area contributed by atoms with Crippen LogP contribution in [-0.4, -0.2) is 33.0 Å². The van der Waals surface area contributed by atoms with Crippen molar-refractivity contribution in [3.63, 3.8) is 0 Å². The Morgan fingerprint density at radius 2 is 2.25 bits per heavy atom. The Morgan fingerprint density at radius 3 is 3.00 bits per heavy atom. The van der Waals surface area contributed by atoms with E-state index in [1.54, 1.807) is 10.9 Å². The molecule has 108 valence electrons. The molecule has 1 fully saturated rings. The molecule has 2 aromatic heterocycles. The molecule has 1 saturated carbocycles. The lowest BCUT2D eigenvalue weighted by Gasteiger charge is -2.30. The van der Waals surface area contributed by atoms with E-state index in [0.29, 0.717) is 17.8 Å². The fraction of sp³-hybridized carbons (Fsp3) is 0.643. The summed E-state index contributed by atoms with van der Waals surface area (Å²) in [6, 6.07) is 0.567. The first-order valence-electron chi connectivity index (χ1n) is 7.25. The van der Waals surface area contributed by atoms with Crippen LogP contribution >= 0.6 is 0 Å². The van der Waals surface area contributed by atoms with Crippen LogP contribution in [0.15, 0.2) is 16.9 Å². The smallest absolute Gasteiger partial charge is 0.227 e. The number of nitrogens with one attached hydrogen (secondary N) is 1. The van der Waals surface area contributed by atoms with Crippen molar-refractivity contribution >= 4 is 0 Å². The molecule has 0 spiro atoms. The molecular weight excluding hydrogens is 254 g/mol. The first-order chi connectivity index (χ1) is 9.76. The van der Waals surface area contributed by atoms with Gasteiger partial charge in [0.2, 0.25) is 11.7 Å². The van der Waals surface area contributed by atoms with Gasteiger partial charge in [0.1, 0.15) is 0 Å². The number of aromatic nitrogens is 4. The van der Waals surface area contributed by atoms with E-state index < -0.39 is 0 Å². The molecule has 0 amide bonds. The summed E-state index contributed by atoms with van der Waals surface area (Å²) in [6.07, 6.45) is 9.59. The van der Waals surface area contributed by atoms with Gasteiger partial charge in [-0.1, -0.05) is 18.0 Å². The Bertz CT molecular complexity index is 561. The molecule has 6 heteroatoms. The van der Waals surface area contributed by atoms with Crippen molar-refractivity contribution in [1.29, 1.82) is 0 Å². The van der Waals surface area contributed by atoms with Crippen LogP contribution in [0.5, 0.6) is 0 Å². The lowest BCUT2D eigenvalue weighted by atomic mass is 9.82. The van der Waals surface area contributed by atoms with Crippen LogP contribution in [0.2, 0.25) is 0 Å². The third-order valence-electron chi connectivity index (χ3n) is 4.15. The lowest BCUT2D eigenvalue weighted by molar-refractivity contribution is 0.248. The second-order valence-corrected chi connectivity index (χ2v) is 5.56. The average Bonchev–Trinajstić information content (AvgIpc) is 3.08. The lowest BCUT2D eigenvalue weighted by Crippen LogP contribution is -2.37. The molecule has 2 aromatic rings. The summed E-state index contributed by atoms with van der Waals surface area (Å²) in [7, 11) is 3.92. The largest absolute Gasteiger partial charge is 0.339 e. The molecule has 6 nitrogen and oxygen atoms in total. The highest BCUT2D eigenvalue weighted by atomic mass is 16.5. The van der Waals surface area contributed by atoms with Crippen molar-refractivity contribution in [3.8, 4) is 11.4 Å². The first kappa shape index (κ1) is 13.3. The van der Waals surface area contributed by atoms with Crippen molar-refractivity contribution in [1.82, 2.24) is 25.2 Å². The van der Waals surface area contributed by atoms with Gasteiger partial charge in [0.15, 0.2) is 0 Å². The van der Waals surface area contributed by atoms with E-state index >= 15 is 0 Å². The van der Waals surface area contributed by atoms with E-state index in [4.69, 9.17) is 4.52 Å². The van der Waals surface area contributed by atoms with Crippen LogP contribution < -0.4 is 5.32 Å². The average molecular weight is 275 g/mol. The van der Waals surface area contributed by atoms with Gasteiger partial charge in [-0.2, -0.15) is 10.1 Å². The number of rotatable bonds is 4. The van der Waals surface area contributed by atoms with Gasteiger partial charge in [0, 0.05) is 25.7 Å². The Balaban J connectivity index is 1.70. The number of hydrogen-bond acceptors (Lipinski definition) is 5. The minimum Gasteiger partial charge on any atom is -0.339 e. The third kappa shape index (κ3) is 2.75. The monoisotopic (exact) mass is 275 g/mol. The molecule has 1 aliphatic carbocycles. The highest BCUT2D eigenvalue weighted by Crippen LogP contribution is 2.27. The molecule has 1 N–H and O–H groups in total. The summed E-state index contributed by atoms with van der Waals surface area (Å²) in [5.74, 6) is 1.96. The molecule has 0 saturated heterocycles. The van der Waals surface area contributed by atoms with Crippen molar-refractivity contribution in [2.75, 3.05) is 7.05 Å². The molecular formula is C14H21N5O. The summed E-state index contributed by atoms with van der Waals surface area (Å²) in [6.45, 7) is 0. The topological polar surface area (TPSA) is 68.8 Å². The molecule has 2 heterocycles. The van der Waals surface area contributed by atoms with Crippen LogP contribution in [0.3, 0.4) is 0 Å². The van der Waals surface area contributed by atoms with Gasteiger partial charge in [-0.25, -0.2) is 0 Å². The van der Waals surface area contributed by atoms with E-state index in [9.17, 15) is 0 Å². The Hall–Kier alpha value is -1.69. The molecule has 0 aliphatic heterocycles. The van der Waals surface area contributed by atoms with Crippen molar-refractivity contribution in [2.24, 2.45) is 13.0 Å². The Morgan fingerprint density at radius 1 is 1.40 bits per heavy atom. The number of nitrogens with zero attached hydrogens (tertiary/aromatic N) is 4. The fourth-order valence-electron chi connectivity index (χ4n) is 3.05. The first-order valence-corrected chi connectivity index (χ1v) is 7.25. The minimum absolute atomic E-state index is 0.567. The molecule has 0 aromatic carbocycles. The van der Waals surface area contributed by atoms with E-state index in [1.807, 2.05) is 20.3 Å². The highest BCUT2D eigenvalue weighted by Gasteiger charge is 2.26. The van der Waals surface area contributed by atoms with E-state index in [1.165, 1.54) is 25.7 Å². The van der Waals surface area contributed by atoms with Crippen LogP contribution in [0.25, 0.3) is 11.4 Å². The van der Waals surface area contributed by atoms with Gasteiger partial charge in [-0.3, -0.25) is 4.68 Å². The molecule has 0 radical (unpaired) electrons. The quantitative estimate of drug-likeness (QED) is 0.921. The van der Waals surface area contributed by atoms with Crippen molar-refractivity contribution in [3.05, 3.63) is 18.3 Å². The maximum atomic E-state index is 5.40. The Labute approximate surface area is 118 Å². The number of aryl methyl sites for hydroxylation is 1. The van der Waals surface area contributed by atoms with Gasteiger partial charge in [-0.05, 0) is 25.8 Å². The fourth-order valence-corrected chi connectivity index (χ4v) is 3.05. The molecule has 2 unspecified atom stereocenters. The second kappa shape index (κ2) is 5.75. The molecule has 1 aliphatic rings. The summed E-state index contributed by atoms with van der Waals surface area (Å²) in [4.78, 5) is 4.50. The second-order valence-electron chi connectivity index (χ2n) is 5.56. The molecule has 0 bridgehead atoms. The summed E-state index contributed by atoms with van der Waals surface area (Å²) >= 11 is 0. The van der Waals surface area contributed by atoms with Crippen LogP contribution in [-0.2, 0) is 13.5 Å². The van der Waals surface area contributed by atoms with Crippen LogP contribution in [0.1, 0.15) is 31.6 Å². The maximum Gasteiger partial charge on any atom is 0.227 e. The molecule has 20 heavy (non-hydrogen) atoms. The summed E-state index contributed by atoms with van der Waals surface area (Å²) in [5.41, 5.74) is 0.899. The van der Waals surface area contributed by atoms with Crippen molar-refractivity contribution < 1.29 is 4.52 Å². The van der Waals surface area contributed by atoms with Gasteiger partial charge in [0.05, 0.1) is 11.8 Å². The van der Waals surface area contributed by atoms with Crippen LogP contribution in [0, 0.1) is 5.92 Å². The predicted octanol–water partition coefficient (Wildman–Crippen LogP) is 1.79. The zero-order chi connectivity index (χ0) is 13.9. The highest BCUT2D eigenvalue weighted by molar-refractivity contribution is 5.50. The summed E-state index contributed by atoms with van der Waals surface area (Å²) < 4.78 is 7.14. The van der Waals surface area contributed by atoms with Crippen LogP contribution in [0.4, 0.5) is 0 Å². The SMILES string of the molecule is CNC1CCCCC1Cc1nc(-c2cnn(C)c2)no1. The molecule has 2 atom stereocenters. The third-order valence-corrected chi connectivity index (χ3v) is 4.15. The summed E-state index contributed by atoms with van der Waals surface area (Å²) in [5, 5.41) is 11.6. The standard InChI is InChI=1S/C14H21N5O/c1-15-12-6-4-3-5-10(12)7-13-17-14(18-20-13)11-8-16-19(2)9-11/h8-10,12,15H,3-7H2,1-2H3. The van der Waals surface area contributed by atoms with E-state index in [2.05, 4.69) is 20.6 Å². The maximum absolute atomic E-state index is 5.40. The Kier molecular flexibility index (Phi) is 3.82.